The number of aromatic nitrogens is 2. The van der Waals surface area contributed by atoms with E-state index in [-0.39, 0.29) is 5.78 Å². The lowest BCUT2D eigenvalue weighted by Crippen LogP contribution is -2.01. The summed E-state index contributed by atoms with van der Waals surface area (Å²) in [4.78, 5) is 11.5. The Hall–Kier alpha value is -1.32. The van der Waals surface area contributed by atoms with Crippen molar-refractivity contribution >= 4 is 29.0 Å². The van der Waals surface area contributed by atoms with E-state index in [9.17, 15) is 4.79 Å². The predicted molar refractivity (Wildman–Crippen MR) is 72.4 cm³/mol. The predicted octanol–water partition coefficient (Wildman–Crippen LogP) is 3.83. The fraction of sp³-hybridized carbons (Fsp3) is 0.231. The van der Waals surface area contributed by atoms with E-state index in [1.165, 1.54) is 0 Å². The van der Waals surface area contributed by atoms with Gasteiger partial charge >= 0.3 is 0 Å². The van der Waals surface area contributed by atoms with Crippen LogP contribution in [0.5, 0.6) is 0 Å². The summed E-state index contributed by atoms with van der Waals surface area (Å²) >= 11 is 12.0. The number of benzene rings is 1. The van der Waals surface area contributed by atoms with E-state index < -0.39 is 0 Å². The van der Waals surface area contributed by atoms with Gasteiger partial charge in [-0.15, -0.1) is 0 Å². The molecule has 3 nitrogen and oxygen atoms in total. The van der Waals surface area contributed by atoms with Crippen molar-refractivity contribution in [1.29, 1.82) is 0 Å². The van der Waals surface area contributed by atoms with Gasteiger partial charge in [0.2, 0.25) is 0 Å². The van der Waals surface area contributed by atoms with Gasteiger partial charge in [0.15, 0.2) is 5.78 Å². The van der Waals surface area contributed by atoms with Crippen LogP contribution >= 0.6 is 23.2 Å². The molecular weight excluding hydrogens is 271 g/mol. The number of carbonyl (C=O) groups is 1. The van der Waals surface area contributed by atoms with Gasteiger partial charge in [-0.2, -0.15) is 5.10 Å². The molecule has 0 aliphatic heterocycles. The number of Topliss-reactive ketones (excluding diaryl/α,β-unsaturated/α-hetero) is 1. The minimum absolute atomic E-state index is 0.0819. The molecule has 0 N–H and O–H groups in total. The van der Waals surface area contributed by atoms with E-state index >= 15 is 0 Å². The van der Waals surface area contributed by atoms with Crippen molar-refractivity contribution in [3.8, 4) is 0 Å². The fourth-order valence-corrected chi connectivity index (χ4v) is 2.02. The Morgan fingerprint density at radius 3 is 2.89 bits per heavy atom. The average molecular weight is 283 g/mol. The second-order valence-electron chi connectivity index (χ2n) is 3.92. The molecule has 2 rings (SSSR count). The summed E-state index contributed by atoms with van der Waals surface area (Å²) in [5.41, 5.74) is 1.50. The standard InChI is InChI=1S/C13H12Cl2N2O/c1-2-12(18)10-6-16-17(8-10)7-9-4-3-5-11(14)13(9)15/h3-6,8H,2,7H2,1H3. The Balaban J connectivity index is 2.21. The van der Waals surface area contributed by atoms with Crippen LogP contribution in [0, 0.1) is 0 Å². The Kier molecular flexibility index (Phi) is 4.04. The molecule has 0 aliphatic rings. The largest absolute Gasteiger partial charge is 0.294 e. The second-order valence-corrected chi connectivity index (χ2v) is 4.70. The van der Waals surface area contributed by atoms with E-state index in [1.54, 1.807) is 23.1 Å². The second kappa shape index (κ2) is 5.55. The maximum atomic E-state index is 11.5. The first kappa shape index (κ1) is 13.1. The average Bonchev–Trinajstić information content (AvgIpc) is 2.82. The molecule has 0 bridgehead atoms. The summed E-state index contributed by atoms with van der Waals surface area (Å²) in [5.74, 6) is 0.0819. The number of hydrogen-bond acceptors (Lipinski definition) is 2. The number of nitrogens with zero attached hydrogens (tertiary/aromatic N) is 2. The van der Waals surface area contributed by atoms with Gasteiger partial charge in [0.1, 0.15) is 0 Å². The number of hydrogen-bond donors (Lipinski definition) is 0. The van der Waals surface area contributed by atoms with Crippen molar-refractivity contribution in [2.24, 2.45) is 0 Å². The summed E-state index contributed by atoms with van der Waals surface area (Å²) in [5, 5.41) is 5.19. The molecule has 94 valence electrons. The first-order valence-corrected chi connectivity index (χ1v) is 6.36. The van der Waals surface area contributed by atoms with E-state index in [2.05, 4.69) is 5.10 Å². The Labute approximate surface area is 115 Å². The lowest BCUT2D eigenvalue weighted by molar-refractivity contribution is 0.0988. The van der Waals surface area contributed by atoms with Gasteiger partial charge < -0.3 is 0 Å². The van der Waals surface area contributed by atoms with Crippen LogP contribution in [-0.4, -0.2) is 15.6 Å². The van der Waals surface area contributed by atoms with Crippen LogP contribution < -0.4 is 0 Å². The molecule has 0 unspecified atom stereocenters. The van der Waals surface area contributed by atoms with Gasteiger partial charge in [-0.3, -0.25) is 9.48 Å². The maximum absolute atomic E-state index is 11.5. The summed E-state index contributed by atoms with van der Waals surface area (Å²) in [6.07, 6.45) is 3.77. The Morgan fingerprint density at radius 2 is 2.17 bits per heavy atom. The summed E-state index contributed by atoms with van der Waals surface area (Å²) in [7, 11) is 0. The molecule has 1 heterocycles. The summed E-state index contributed by atoms with van der Waals surface area (Å²) in [6, 6.07) is 5.46. The van der Waals surface area contributed by atoms with Crippen molar-refractivity contribution < 1.29 is 4.79 Å². The van der Waals surface area contributed by atoms with Crippen LogP contribution in [-0.2, 0) is 6.54 Å². The molecule has 0 saturated heterocycles. The molecule has 0 saturated carbocycles. The van der Waals surface area contributed by atoms with E-state index in [0.29, 0.717) is 28.6 Å². The highest BCUT2D eigenvalue weighted by Gasteiger charge is 2.09. The smallest absolute Gasteiger partial charge is 0.165 e. The lowest BCUT2D eigenvalue weighted by atomic mass is 10.2. The van der Waals surface area contributed by atoms with E-state index in [4.69, 9.17) is 23.2 Å². The molecule has 0 atom stereocenters. The van der Waals surface area contributed by atoms with Crippen LogP contribution in [0.4, 0.5) is 0 Å². The van der Waals surface area contributed by atoms with Crippen LogP contribution in [0.3, 0.4) is 0 Å². The number of halogens is 2. The zero-order valence-electron chi connectivity index (χ0n) is 9.86. The molecular formula is C13H12Cl2N2O. The number of rotatable bonds is 4. The molecule has 5 heteroatoms. The summed E-state index contributed by atoms with van der Waals surface area (Å²) < 4.78 is 1.68. The van der Waals surface area contributed by atoms with Gasteiger partial charge in [-0.1, -0.05) is 42.3 Å². The zero-order valence-corrected chi connectivity index (χ0v) is 11.4. The minimum atomic E-state index is 0.0819. The van der Waals surface area contributed by atoms with Gasteiger partial charge in [0.25, 0.3) is 0 Å². The van der Waals surface area contributed by atoms with Crippen LogP contribution in [0.1, 0.15) is 29.3 Å². The third kappa shape index (κ3) is 2.74. The maximum Gasteiger partial charge on any atom is 0.165 e. The topological polar surface area (TPSA) is 34.9 Å². The molecule has 0 radical (unpaired) electrons. The van der Waals surface area contributed by atoms with Crippen molar-refractivity contribution in [3.63, 3.8) is 0 Å². The molecule has 1 aromatic carbocycles. The SMILES string of the molecule is CCC(=O)c1cnn(Cc2cccc(Cl)c2Cl)c1. The number of ketones is 1. The Morgan fingerprint density at radius 1 is 1.39 bits per heavy atom. The van der Waals surface area contributed by atoms with Crippen LogP contribution in [0.2, 0.25) is 10.0 Å². The molecule has 0 aliphatic carbocycles. The summed E-state index contributed by atoms with van der Waals surface area (Å²) in [6.45, 7) is 2.32. The molecule has 0 fully saturated rings. The van der Waals surface area contributed by atoms with Gasteiger partial charge in [0.05, 0.1) is 28.4 Å². The first-order valence-electron chi connectivity index (χ1n) is 5.60. The van der Waals surface area contributed by atoms with Gasteiger partial charge in [0, 0.05) is 12.6 Å². The third-order valence-electron chi connectivity index (χ3n) is 2.64. The van der Waals surface area contributed by atoms with Crippen molar-refractivity contribution in [1.82, 2.24) is 9.78 Å². The van der Waals surface area contributed by atoms with Crippen molar-refractivity contribution in [3.05, 3.63) is 51.8 Å². The minimum Gasteiger partial charge on any atom is -0.294 e. The van der Waals surface area contributed by atoms with Crippen LogP contribution in [0.25, 0.3) is 0 Å². The first-order chi connectivity index (χ1) is 8.61. The van der Waals surface area contributed by atoms with Crippen molar-refractivity contribution in [2.45, 2.75) is 19.9 Å². The normalized spacial score (nSPS) is 10.6. The van der Waals surface area contributed by atoms with Crippen molar-refractivity contribution in [2.75, 3.05) is 0 Å². The Bertz CT molecular complexity index is 578. The monoisotopic (exact) mass is 282 g/mol. The highest BCUT2D eigenvalue weighted by atomic mass is 35.5. The highest BCUT2D eigenvalue weighted by Crippen LogP contribution is 2.26. The zero-order chi connectivity index (χ0) is 13.1. The molecule has 1 aromatic heterocycles. The quantitative estimate of drug-likeness (QED) is 0.799. The van der Waals surface area contributed by atoms with E-state index in [0.717, 1.165) is 5.56 Å². The van der Waals surface area contributed by atoms with Gasteiger partial charge in [-0.25, -0.2) is 0 Å². The molecule has 18 heavy (non-hydrogen) atoms. The third-order valence-corrected chi connectivity index (χ3v) is 3.50. The van der Waals surface area contributed by atoms with Crippen LogP contribution in [0.15, 0.2) is 30.6 Å². The molecule has 2 aromatic rings. The number of carbonyl (C=O) groups excluding carboxylic acids is 1. The lowest BCUT2D eigenvalue weighted by Gasteiger charge is -2.05. The molecule has 0 spiro atoms. The molecule has 0 amide bonds. The van der Waals surface area contributed by atoms with Gasteiger partial charge in [-0.05, 0) is 11.6 Å². The van der Waals surface area contributed by atoms with E-state index in [1.807, 2.05) is 19.1 Å². The highest BCUT2D eigenvalue weighted by molar-refractivity contribution is 6.42. The fourth-order valence-electron chi connectivity index (χ4n) is 1.64.